The van der Waals surface area contributed by atoms with Crippen LogP contribution in [0.25, 0.3) is 5.69 Å². The topological polar surface area (TPSA) is 69.8 Å². The summed E-state index contributed by atoms with van der Waals surface area (Å²) in [6.45, 7) is 0. The monoisotopic (exact) mass is 340 g/mol. The summed E-state index contributed by atoms with van der Waals surface area (Å²) in [6, 6.07) is 1.33. The lowest BCUT2D eigenvalue weighted by atomic mass is 10.3. The van der Waals surface area contributed by atoms with Gasteiger partial charge in [0.1, 0.15) is 5.69 Å². The Labute approximate surface area is 124 Å². The van der Waals surface area contributed by atoms with E-state index in [1.807, 2.05) is 0 Å². The molecule has 0 unspecified atom stereocenters. The second-order valence-electron chi connectivity index (χ2n) is 3.89. The van der Waals surface area contributed by atoms with Crippen molar-refractivity contribution in [3.63, 3.8) is 0 Å². The molecular formula is C10H5Cl2F3N4O2. The summed E-state index contributed by atoms with van der Waals surface area (Å²) >= 11 is 11.3. The summed E-state index contributed by atoms with van der Waals surface area (Å²) in [5, 5.41) is 6.25. The lowest BCUT2D eigenvalue weighted by molar-refractivity contribution is -0.144. The lowest BCUT2D eigenvalue weighted by Gasteiger charge is -2.14. The van der Waals surface area contributed by atoms with E-state index in [-0.39, 0.29) is 26.6 Å². The Hall–Kier alpha value is -1.87. The van der Waals surface area contributed by atoms with Crippen molar-refractivity contribution < 1.29 is 13.2 Å². The molecule has 112 valence electrons. The molecule has 0 aliphatic heterocycles. The molecule has 0 bridgehead atoms. The molecular weight excluding hydrogens is 336 g/mol. The summed E-state index contributed by atoms with van der Waals surface area (Å²) in [5.74, 6) is 0. The highest BCUT2D eigenvalue weighted by Gasteiger charge is 2.35. The van der Waals surface area contributed by atoms with Crippen LogP contribution in [-0.4, -0.2) is 19.3 Å². The third-order valence-electron chi connectivity index (χ3n) is 2.55. The highest BCUT2D eigenvalue weighted by Crippen LogP contribution is 2.27. The summed E-state index contributed by atoms with van der Waals surface area (Å²) in [7, 11) is 0.880. The third kappa shape index (κ3) is 2.79. The molecule has 0 aromatic carbocycles. The summed E-state index contributed by atoms with van der Waals surface area (Å²) in [5.41, 5.74) is -4.08. The highest BCUT2D eigenvalue weighted by atomic mass is 35.5. The molecule has 0 atom stereocenters. The van der Waals surface area contributed by atoms with Gasteiger partial charge in [-0.25, -0.2) is 9.36 Å². The first-order chi connectivity index (χ1) is 9.62. The van der Waals surface area contributed by atoms with Gasteiger partial charge in [-0.3, -0.25) is 9.36 Å². The second-order valence-corrected chi connectivity index (χ2v) is 4.63. The van der Waals surface area contributed by atoms with Gasteiger partial charge in [0, 0.05) is 19.2 Å². The Kier molecular flexibility index (Phi) is 3.81. The Morgan fingerprint density at radius 2 is 1.76 bits per heavy atom. The molecule has 0 amide bonds. The van der Waals surface area contributed by atoms with Crippen molar-refractivity contribution in [2.24, 2.45) is 7.05 Å². The number of nitrogens with zero attached hydrogens (tertiary/aromatic N) is 4. The fraction of sp³-hybridized carbons (Fsp3) is 0.200. The first kappa shape index (κ1) is 15.5. The molecule has 0 N–H and O–H groups in total. The largest absolute Gasteiger partial charge is 0.431 e. The van der Waals surface area contributed by atoms with Crippen LogP contribution in [0.4, 0.5) is 13.2 Å². The number of aromatic nitrogens is 4. The van der Waals surface area contributed by atoms with Crippen LogP contribution in [0, 0.1) is 0 Å². The second kappa shape index (κ2) is 5.15. The summed E-state index contributed by atoms with van der Waals surface area (Å²) in [6.07, 6.45) is -4.84. The predicted octanol–water partition coefficient (Wildman–Crippen LogP) is 1.65. The minimum atomic E-state index is -4.84. The van der Waals surface area contributed by atoms with Crippen molar-refractivity contribution in [3.8, 4) is 5.69 Å². The molecule has 0 spiro atoms. The quantitative estimate of drug-likeness (QED) is 0.791. The van der Waals surface area contributed by atoms with E-state index in [0.29, 0.717) is 4.57 Å². The molecule has 2 rings (SSSR count). The van der Waals surface area contributed by atoms with E-state index < -0.39 is 23.1 Å². The van der Waals surface area contributed by atoms with E-state index in [1.165, 1.54) is 0 Å². The minimum Gasteiger partial charge on any atom is -0.292 e. The van der Waals surface area contributed by atoms with Gasteiger partial charge in [-0.1, -0.05) is 23.2 Å². The average molecular weight is 341 g/mol. The van der Waals surface area contributed by atoms with E-state index in [2.05, 4.69) is 10.2 Å². The SMILES string of the molecule is Cn1c(C(F)(F)F)cc(=O)n(-c2cc(Cl)nnc2Cl)c1=O. The fourth-order valence-corrected chi connectivity index (χ4v) is 1.94. The van der Waals surface area contributed by atoms with Crippen molar-refractivity contribution in [1.82, 2.24) is 19.3 Å². The Balaban J connectivity index is 2.85. The van der Waals surface area contributed by atoms with Crippen molar-refractivity contribution in [2.75, 3.05) is 0 Å². The third-order valence-corrected chi connectivity index (χ3v) is 3.01. The fourth-order valence-electron chi connectivity index (χ4n) is 1.62. The Morgan fingerprint density at radius 3 is 2.33 bits per heavy atom. The van der Waals surface area contributed by atoms with Gasteiger partial charge in [-0.2, -0.15) is 13.2 Å². The Bertz CT molecular complexity index is 829. The van der Waals surface area contributed by atoms with Gasteiger partial charge in [0.15, 0.2) is 10.3 Å². The molecule has 0 aliphatic carbocycles. The van der Waals surface area contributed by atoms with Gasteiger partial charge in [0.2, 0.25) is 0 Å². The van der Waals surface area contributed by atoms with Crippen molar-refractivity contribution >= 4 is 23.2 Å². The number of hydrogen-bond donors (Lipinski definition) is 0. The van der Waals surface area contributed by atoms with Crippen LogP contribution in [0.15, 0.2) is 21.7 Å². The molecule has 2 aromatic heterocycles. The van der Waals surface area contributed by atoms with Crippen molar-refractivity contribution in [1.29, 1.82) is 0 Å². The van der Waals surface area contributed by atoms with Crippen molar-refractivity contribution in [3.05, 3.63) is 49.0 Å². The minimum absolute atomic E-state index is 0.178. The molecule has 6 nitrogen and oxygen atoms in total. The zero-order valence-corrected chi connectivity index (χ0v) is 11.7. The average Bonchev–Trinajstić information content (AvgIpc) is 2.36. The first-order valence-electron chi connectivity index (χ1n) is 5.22. The van der Waals surface area contributed by atoms with E-state index in [4.69, 9.17) is 23.2 Å². The van der Waals surface area contributed by atoms with Crippen LogP contribution < -0.4 is 11.2 Å². The number of alkyl halides is 3. The van der Waals surface area contributed by atoms with E-state index >= 15 is 0 Å². The molecule has 0 radical (unpaired) electrons. The van der Waals surface area contributed by atoms with Crippen LogP contribution >= 0.6 is 23.2 Å². The standard InChI is InChI=1S/C10H5Cl2F3N4O2/c1-18-5(10(13,14)15)3-7(20)19(9(18)21)4-2-6(11)16-17-8(4)12/h2-3H,1H3. The van der Waals surface area contributed by atoms with Crippen molar-refractivity contribution in [2.45, 2.75) is 6.18 Å². The predicted molar refractivity (Wildman–Crippen MR) is 67.9 cm³/mol. The first-order valence-corrected chi connectivity index (χ1v) is 5.98. The molecule has 0 saturated carbocycles. The number of rotatable bonds is 1. The van der Waals surface area contributed by atoms with E-state index in [0.717, 1.165) is 13.1 Å². The molecule has 0 saturated heterocycles. The van der Waals surface area contributed by atoms with Gasteiger partial charge in [-0.15, -0.1) is 10.2 Å². The molecule has 2 heterocycles. The molecule has 0 fully saturated rings. The summed E-state index contributed by atoms with van der Waals surface area (Å²) in [4.78, 5) is 23.8. The van der Waals surface area contributed by atoms with Crippen LogP contribution in [-0.2, 0) is 13.2 Å². The van der Waals surface area contributed by atoms with Gasteiger partial charge in [0.05, 0.1) is 5.69 Å². The molecule has 0 aliphatic rings. The maximum Gasteiger partial charge on any atom is 0.431 e. The highest BCUT2D eigenvalue weighted by molar-refractivity contribution is 6.32. The zero-order chi connectivity index (χ0) is 15.9. The summed E-state index contributed by atoms with van der Waals surface area (Å²) < 4.78 is 38.8. The maximum absolute atomic E-state index is 12.7. The van der Waals surface area contributed by atoms with E-state index in [9.17, 15) is 22.8 Å². The maximum atomic E-state index is 12.7. The van der Waals surface area contributed by atoms with E-state index in [1.54, 1.807) is 0 Å². The smallest absolute Gasteiger partial charge is 0.292 e. The van der Waals surface area contributed by atoms with Crippen LogP contribution in [0.2, 0.25) is 10.3 Å². The normalized spacial score (nSPS) is 11.7. The molecule has 21 heavy (non-hydrogen) atoms. The van der Waals surface area contributed by atoms with Crippen LogP contribution in [0.5, 0.6) is 0 Å². The lowest BCUT2D eigenvalue weighted by Crippen LogP contribution is -2.40. The van der Waals surface area contributed by atoms with Crippen LogP contribution in [0.3, 0.4) is 0 Å². The number of halogens is 5. The van der Waals surface area contributed by atoms with Gasteiger partial charge in [-0.05, 0) is 0 Å². The van der Waals surface area contributed by atoms with Gasteiger partial charge < -0.3 is 0 Å². The van der Waals surface area contributed by atoms with Gasteiger partial charge >= 0.3 is 11.9 Å². The molecule has 2 aromatic rings. The molecule has 11 heteroatoms. The van der Waals surface area contributed by atoms with Gasteiger partial charge in [0.25, 0.3) is 5.56 Å². The number of hydrogen-bond acceptors (Lipinski definition) is 4. The Morgan fingerprint density at radius 1 is 1.14 bits per heavy atom. The van der Waals surface area contributed by atoms with Crippen LogP contribution in [0.1, 0.15) is 5.69 Å². The zero-order valence-electron chi connectivity index (χ0n) is 10.1.